The molecule has 1 aliphatic heterocycles. The number of hydrogen-bond donors (Lipinski definition) is 1. The van der Waals surface area contributed by atoms with Crippen LogP contribution in [-0.4, -0.2) is 35.8 Å². The number of rotatable bonds is 3. The number of carbonyl (C=O) groups is 1. The Morgan fingerprint density at radius 2 is 2.44 bits per heavy atom. The Morgan fingerprint density at radius 1 is 1.62 bits per heavy atom. The molecule has 5 heteroatoms. The van der Waals surface area contributed by atoms with E-state index in [0.717, 1.165) is 18.8 Å². The molecule has 4 nitrogen and oxygen atoms in total. The maximum atomic E-state index is 12.4. The highest BCUT2D eigenvalue weighted by molar-refractivity contribution is 5.87. The Balaban J connectivity index is 2.08. The van der Waals surface area contributed by atoms with Crippen LogP contribution in [0.3, 0.4) is 0 Å². The first-order chi connectivity index (χ1) is 7.70. The summed E-state index contributed by atoms with van der Waals surface area (Å²) < 4.78 is 12.4. The van der Waals surface area contributed by atoms with Crippen LogP contribution in [0.4, 0.5) is 10.2 Å². The molecule has 0 unspecified atom stereocenters. The number of hydrogen-bond acceptors (Lipinski definition) is 3. The van der Waals surface area contributed by atoms with E-state index < -0.39 is 5.97 Å². The molecule has 0 aromatic carbocycles. The molecule has 1 aromatic heterocycles. The number of carboxylic acid groups (broad SMARTS) is 1. The van der Waals surface area contributed by atoms with E-state index in [0.29, 0.717) is 6.54 Å². The van der Waals surface area contributed by atoms with Gasteiger partial charge in [0, 0.05) is 25.2 Å². The lowest BCUT2D eigenvalue weighted by Crippen LogP contribution is -2.21. The molecule has 0 spiro atoms. The molecular weight excluding hydrogens is 211 g/mol. The minimum atomic E-state index is -0.984. The van der Waals surface area contributed by atoms with Gasteiger partial charge in [-0.2, -0.15) is 0 Å². The van der Waals surface area contributed by atoms with Gasteiger partial charge < -0.3 is 10.0 Å². The fourth-order valence-electron chi connectivity index (χ4n) is 1.87. The predicted molar refractivity (Wildman–Crippen MR) is 57.5 cm³/mol. The molecular formula is C11H13FN2O2. The molecule has 0 aliphatic carbocycles. The molecule has 1 saturated heterocycles. The van der Waals surface area contributed by atoms with Crippen molar-refractivity contribution in [3.63, 3.8) is 0 Å². The maximum absolute atomic E-state index is 12.4. The van der Waals surface area contributed by atoms with Crippen LogP contribution in [0.2, 0.25) is 0 Å². The molecule has 1 atom stereocenters. The molecule has 2 rings (SSSR count). The summed E-state index contributed by atoms with van der Waals surface area (Å²) in [6.45, 7) is 1.15. The van der Waals surface area contributed by atoms with Gasteiger partial charge in [-0.25, -0.2) is 9.78 Å². The largest absolute Gasteiger partial charge is 0.478 e. The lowest BCUT2D eigenvalue weighted by atomic mass is 10.1. The Labute approximate surface area is 92.7 Å². The third-order valence-corrected chi connectivity index (χ3v) is 2.82. The van der Waals surface area contributed by atoms with Crippen molar-refractivity contribution in [3.8, 4) is 0 Å². The molecule has 0 amide bonds. The third kappa shape index (κ3) is 2.13. The Bertz CT molecular complexity index is 380. The normalized spacial score (nSPS) is 20.1. The van der Waals surface area contributed by atoms with E-state index in [1.165, 1.54) is 12.3 Å². The van der Waals surface area contributed by atoms with Gasteiger partial charge in [0.15, 0.2) is 0 Å². The van der Waals surface area contributed by atoms with E-state index in [2.05, 4.69) is 4.98 Å². The molecule has 1 fully saturated rings. The lowest BCUT2D eigenvalue weighted by molar-refractivity contribution is 0.0696. The highest BCUT2D eigenvalue weighted by Crippen LogP contribution is 2.22. The van der Waals surface area contributed by atoms with Crippen molar-refractivity contribution in [1.29, 1.82) is 0 Å². The van der Waals surface area contributed by atoms with Crippen molar-refractivity contribution in [2.75, 3.05) is 24.7 Å². The third-order valence-electron chi connectivity index (χ3n) is 2.82. The van der Waals surface area contributed by atoms with Crippen LogP contribution < -0.4 is 4.90 Å². The molecule has 1 aromatic rings. The van der Waals surface area contributed by atoms with Crippen molar-refractivity contribution in [1.82, 2.24) is 4.98 Å². The van der Waals surface area contributed by atoms with Gasteiger partial charge in [-0.05, 0) is 18.6 Å². The number of halogens is 1. The first-order valence-electron chi connectivity index (χ1n) is 5.21. The summed E-state index contributed by atoms with van der Waals surface area (Å²) >= 11 is 0. The fourth-order valence-corrected chi connectivity index (χ4v) is 1.87. The molecule has 0 saturated carbocycles. The summed E-state index contributed by atoms with van der Waals surface area (Å²) in [6, 6.07) is 3.19. The summed E-state index contributed by atoms with van der Waals surface area (Å²) in [5.41, 5.74) is 0.171. The summed E-state index contributed by atoms with van der Waals surface area (Å²) in [6.07, 6.45) is 2.17. The summed E-state index contributed by atoms with van der Waals surface area (Å²) in [5, 5.41) is 8.72. The minimum Gasteiger partial charge on any atom is -0.478 e. The van der Waals surface area contributed by atoms with Crippen molar-refractivity contribution in [2.24, 2.45) is 5.92 Å². The zero-order chi connectivity index (χ0) is 11.5. The number of pyridine rings is 1. The number of alkyl halides is 1. The number of anilines is 1. The predicted octanol–water partition coefficient (Wildman–Crippen LogP) is 1.58. The van der Waals surface area contributed by atoms with Gasteiger partial charge >= 0.3 is 5.97 Å². The standard InChI is InChI=1S/C11H13FN2O2/c12-5-8-3-4-14(7-8)10-2-1-9(6-13-10)11(15)16/h1-2,6,8H,3-5,7H2,(H,15,16)/t8-/m0/s1. The molecule has 2 heterocycles. The van der Waals surface area contributed by atoms with Crippen molar-refractivity contribution in [3.05, 3.63) is 23.9 Å². The van der Waals surface area contributed by atoms with Gasteiger partial charge in [0.1, 0.15) is 5.82 Å². The second-order valence-electron chi connectivity index (χ2n) is 3.97. The summed E-state index contributed by atoms with van der Waals surface area (Å²) in [7, 11) is 0. The van der Waals surface area contributed by atoms with Gasteiger partial charge in [-0.15, -0.1) is 0 Å². The van der Waals surface area contributed by atoms with Crippen LogP contribution in [0.5, 0.6) is 0 Å². The van der Waals surface area contributed by atoms with Gasteiger partial charge in [0.05, 0.1) is 12.2 Å². The molecule has 0 bridgehead atoms. The van der Waals surface area contributed by atoms with Gasteiger partial charge in [0.2, 0.25) is 0 Å². The zero-order valence-corrected chi connectivity index (χ0v) is 8.77. The molecule has 86 valence electrons. The monoisotopic (exact) mass is 224 g/mol. The lowest BCUT2D eigenvalue weighted by Gasteiger charge is -2.16. The topological polar surface area (TPSA) is 53.4 Å². The summed E-state index contributed by atoms with van der Waals surface area (Å²) in [4.78, 5) is 16.7. The molecule has 1 aliphatic rings. The molecule has 16 heavy (non-hydrogen) atoms. The molecule has 1 N–H and O–H groups in total. The highest BCUT2D eigenvalue weighted by atomic mass is 19.1. The first kappa shape index (κ1) is 10.9. The number of carboxylic acids is 1. The molecule has 0 radical (unpaired) electrons. The van der Waals surface area contributed by atoms with Crippen molar-refractivity contribution >= 4 is 11.8 Å². The average Bonchev–Trinajstić information content (AvgIpc) is 2.77. The van der Waals surface area contributed by atoms with E-state index in [1.807, 2.05) is 4.90 Å². The quantitative estimate of drug-likeness (QED) is 0.846. The number of aromatic nitrogens is 1. The second kappa shape index (κ2) is 4.47. The fraction of sp³-hybridized carbons (Fsp3) is 0.455. The van der Waals surface area contributed by atoms with Crippen LogP contribution in [0.1, 0.15) is 16.8 Å². The van der Waals surface area contributed by atoms with Crippen LogP contribution in [0.25, 0.3) is 0 Å². The zero-order valence-electron chi connectivity index (χ0n) is 8.77. The minimum absolute atomic E-state index is 0.0842. The van der Waals surface area contributed by atoms with Crippen LogP contribution in [0.15, 0.2) is 18.3 Å². The van der Waals surface area contributed by atoms with Gasteiger partial charge in [-0.3, -0.25) is 4.39 Å². The smallest absolute Gasteiger partial charge is 0.337 e. The van der Waals surface area contributed by atoms with Crippen LogP contribution in [-0.2, 0) is 0 Å². The Kier molecular flexibility index (Phi) is 3.03. The maximum Gasteiger partial charge on any atom is 0.337 e. The first-order valence-corrected chi connectivity index (χ1v) is 5.21. The van der Waals surface area contributed by atoms with Crippen LogP contribution >= 0.6 is 0 Å². The second-order valence-corrected chi connectivity index (χ2v) is 3.97. The average molecular weight is 224 g/mol. The van der Waals surface area contributed by atoms with Gasteiger partial charge in [0.25, 0.3) is 0 Å². The number of aromatic carboxylic acids is 1. The SMILES string of the molecule is O=C(O)c1ccc(N2CC[C@@H](CF)C2)nc1. The van der Waals surface area contributed by atoms with E-state index >= 15 is 0 Å². The summed E-state index contributed by atoms with van der Waals surface area (Å²) in [5.74, 6) is -0.177. The highest BCUT2D eigenvalue weighted by Gasteiger charge is 2.23. The van der Waals surface area contributed by atoms with E-state index in [1.54, 1.807) is 6.07 Å². The van der Waals surface area contributed by atoms with E-state index in [-0.39, 0.29) is 18.2 Å². The number of nitrogens with zero attached hydrogens (tertiary/aromatic N) is 2. The van der Waals surface area contributed by atoms with Gasteiger partial charge in [-0.1, -0.05) is 0 Å². The van der Waals surface area contributed by atoms with E-state index in [9.17, 15) is 9.18 Å². The van der Waals surface area contributed by atoms with Crippen LogP contribution in [0, 0.1) is 5.92 Å². The Hall–Kier alpha value is -1.65. The van der Waals surface area contributed by atoms with Crippen molar-refractivity contribution < 1.29 is 14.3 Å². The Morgan fingerprint density at radius 3 is 2.94 bits per heavy atom. The van der Waals surface area contributed by atoms with E-state index in [4.69, 9.17) is 5.11 Å². The van der Waals surface area contributed by atoms with Crippen molar-refractivity contribution in [2.45, 2.75) is 6.42 Å².